The van der Waals surface area contributed by atoms with Crippen molar-refractivity contribution >= 4 is 0 Å². The fraction of sp³-hybridized carbons (Fsp3) is 0.846. The van der Waals surface area contributed by atoms with Crippen LogP contribution >= 0.6 is 0 Å². The zero-order valence-corrected chi connectivity index (χ0v) is 18.6. The molecule has 3 fully saturated rings. The first-order chi connectivity index (χ1) is 13.1. The average Bonchev–Trinajstić information content (AvgIpc) is 2.95. The fourth-order valence-electron chi connectivity index (χ4n) is 7.51. The number of hydrogen-bond acceptors (Lipinski definition) is 2. The second kappa shape index (κ2) is 7.27. The average molecular weight is 387 g/mol. The molecule has 2 nitrogen and oxygen atoms in total. The van der Waals surface area contributed by atoms with Crippen LogP contribution in [0.1, 0.15) is 98.3 Å². The molecule has 3 saturated carbocycles. The van der Waals surface area contributed by atoms with E-state index in [-0.39, 0.29) is 6.10 Å². The fourth-order valence-corrected chi connectivity index (χ4v) is 7.51. The molecule has 2 heteroatoms. The molecule has 4 aliphatic carbocycles. The number of hydrogen-bond donors (Lipinski definition) is 2. The van der Waals surface area contributed by atoms with Crippen LogP contribution in [0.15, 0.2) is 23.3 Å². The summed E-state index contributed by atoms with van der Waals surface area (Å²) in [7, 11) is 0. The van der Waals surface area contributed by atoms with Gasteiger partial charge in [0.05, 0.1) is 11.7 Å². The normalized spacial score (nSPS) is 42.9. The van der Waals surface area contributed by atoms with E-state index in [1.54, 1.807) is 5.57 Å². The van der Waals surface area contributed by atoms with Crippen LogP contribution in [0.25, 0.3) is 0 Å². The molecule has 0 heterocycles. The summed E-state index contributed by atoms with van der Waals surface area (Å²) in [6.07, 6.45) is 17.9. The summed E-state index contributed by atoms with van der Waals surface area (Å²) in [4.78, 5) is 0. The molecule has 6 atom stereocenters. The zero-order chi connectivity index (χ0) is 20.2. The number of aliphatic hydroxyl groups is 2. The maximum atomic E-state index is 10.2. The van der Waals surface area contributed by atoms with Gasteiger partial charge < -0.3 is 10.2 Å². The third-order valence-corrected chi connectivity index (χ3v) is 9.33. The first-order valence-electron chi connectivity index (χ1n) is 11.9. The van der Waals surface area contributed by atoms with Crippen LogP contribution in [0.3, 0.4) is 0 Å². The van der Waals surface area contributed by atoms with E-state index in [4.69, 9.17) is 0 Å². The Morgan fingerprint density at radius 2 is 1.79 bits per heavy atom. The Balaban J connectivity index is 1.47. The topological polar surface area (TPSA) is 40.5 Å². The number of aliphatic hydroxyl groups excluding tert-OH is 1. The highest BCUT2D eigenvalue weighted by molar-refractivity contribution is 5.38. The summed E-state index contributed by atoms with van der Waals surface area (Å²) >= 11 is 0. The van der Waals surface area contributed by atoms with Crippen molar-refractivity contribution in [3.63, 3.8) is 0 Å². The summed E-state index contributed by atoms with van der Waals surface area (Å²) < 4.78 is 0. The lowest BCUT2D eigenvalue weighted by Gasteiger charge is -2.54. The molecule has 0 spiro atoms. The van der Waals surface area contributed by atoms with Crippen LogP contribution in [-0.4, -0.2) is 21.9 Å². The standard InChI is InChI=1S/C26H42O2/c1-24(2,28)14-6-5-7-18-9-11-22-21-10-8-19-17-20(27)12-15-26(19,4)23(21)13-16-25(18,22)3/h8,10,18,20,22-23,27-28H,5-7,9,11-17H2,1-4H3/t18-,20-,22-,23-,25+,26-/m0/s1. The Kier molecular flexibility index (Phi) is 5.37. The molecule has 0 unspecified atom stereocenters. The monoisotopic (exact) mass is 386 g/mol. The van der Waals surface area contributed by atoms with Gasteiger partial charge in [0.2, 0.25) is 0 Å². The first-order valence-corrected chi connectivity index (χ1v) is 11.9. The molecule has 0 aliphatic heterocycles. The van der Waals surface area contributed by atoms with Crippen LogP contribution in [0, 0.1) is 28.6 Å². The lowest BCUT2D eigenvalue weighted by molar-refractivity contribution is 0.0415. The minimum absolute atomic E-state index is 0.122. The second-order valence-electron chi connectivity index (χ2n) is 11.7. The van der Waals surface area contributed by atoms with Crippen molar-refractivity contribution in [2.75, 3.05) is 0 Å². The number of unbranched alkanes of at least 4 members (excludes halogenated alkanes) is 1. The Morgan fingerprint density at radius 1 is 1.00 bits per heavy atom. The van der Waals surface area contributed by atoms with Gasteiger partial charge in [-0.2, -0.15) is 0 Å². The predicted octanol–water partition coefficient (Wildman–Crippen LogP) is 6.18. The minimum atomic E-state index is -0.514. The number of rotatable bonds is 5. The van der Waals surface area contributed by atoms with E-state index in [0.29, 0.717) is 16.7 Å². The molecular weight excluding hydrogens is 344 g/mol. The van der Waals surface area contributed by atoms with Crippen LogP contribution in [0.4, 0.5) is 0 Å². The molecule has 0 aromatic rings. The molecule has 0 amide bonds. The minimum Gasteiger partial charge on any atom is -0.393 e. The Morgan fingerprint density at radius 3 is 2.54 bits per heavy atom. The van der Waals surface area contributed by atoms with Crippen molar-refractivity contribution in [1.29, 1.82) is 0 Å². The van der Waals surface area contributed by atoms with Gasteiger partial charge in [-0.15, -0.1) is 0 Å². The smallest absolute Gasteiger partial charge is 0.0591 e. The van der Waals surface area contributed by atoms with Crippen molar-refractivity contribution in [3.05, 3.63) is 23.3 Å². The van der Waals surface area contributed by atoms with Crippen LogP contribution in [0.5, 0.6) is 0 Å². The van der Waals surface area contributed by atoms with E-state index < -0.39 is 5.60 Å². The highest BCUT2D eigenvalue weighted by Gasteiger charge is 2.55. The van der Waals surface area contributed by atoms with Gasteiger partial charge in [-0.25, -0.2) is 0 Å². The van der Waals surface area contributed by atoms with Crippen molar-refractivity contribution in [2.24, 2.45) is 28.6 Å². The maximum absolute atomic E-state index is 10.2. The SMILES string of the molecule is CC(C)(O)CCCC[C@H]1CC[C@H]2C3=CC=C4C[C@@H](O)CC[C@]4(C)[C@H]3CC[C@]12C. The molecule has 0 radical (unpaired) electrons. The van der Waals surface area contributed by atoms with E-state index in [1.807, 2.05) is 13.8 Å². The van der Waals surface area contributed by atoms with Gasteiger partial charge in [-0.1, -0.05) is 50.0 Å². The zero-order valence-electron chi connectivity index (χ0n) is 18.6. The summed E-state index contributed by atoms with van der Waals surface area (Å²) in [5.41, 5.74) is 3.54. The summed E-state index contributed by atoms with van der Waals surface area (Å²) in [6, 6.07) is 0. The van der Waals surface area contributed by atoms with Gasteiger partial charge in [0, 0.05) is 0 Å². The molecule has 4 rings (SSSR count). The van der Waals surface area contributed by atoms with Crippen LogP contribution < -0.4 is 0 Å². The van der Waals surface area contributed by atoms with Gasteiger partial charge in [-0.3, -0.25) is 0 Å². The molecule has 28 heavy (non-hydrogen) atoms. The molecular formula is C26H42O2. The molecule has 4 aliphatic rings. The Hall–Kier alpha value is -0.600. The van der Waals surface area contributed by atoms with Gasteiger partial charge in [0.25, 0.3) is 0 Å². The number of fused-ring (bicyclic) bond motifs is 5. The molecule has 2 N–H and O–H groups in total. The molecule has 0 saturated heterocycles. The van der Waals surface area contributed by atoms with Crippen LogP contribution in [0.2, 0.25) is 0 Å². The number of allylic oxidation sites excluding steroid dienone is 3. The maximum Gasteiger partial charge on any atom is 0.0591 e. The van der Waals surface area contributed by atoms with Crippen molar-refractivity contribution < 1.29 is 10.2 Å². The quantitative estimate of drug-likeness (QED) is 0.554. The summed E-state index contributed by atoms with van der Waals surface area (Å²) in [5, 5.41) is 20.1. The summed E-state index contributed by atoms with van der Waals surface area (Å²) in [5.74, 6) is 2.34. The molecule has 0 aromatic heterocycles. The molecule has 0 bridgehead atoms. The Bertz CT molecular complexity index is 654. The lowest BCUT2D eigenvalue weighted by Crippen LogP contribution is -2.45. The predicted molar refractivity (Wildman–Crippen MR) is 116 cm³/mol. The molecule has 0 aromatic carbocycles. The van der Waals surface area contributed by atoms with E-state index in [1.165, 1.54) is 44.1 Å². The van der Waals surface area contributed by atoms with Gasteiger partial charge in [0.1, 0.15) is 0 Å². The second-order valence-corrected chi connectivity index (χ2v) is 11.7. The van der Waals surface area contributed by atoms with E-state index in [0.717, 1.165) is 43.9 Å². The van der Waals surface area contributed by atoms with Gasteiger partial charge in [0.15, 0.2) is 0 Å². The lowest BCUT2D eigenvalue weighted by atomic mass is 9.50. The Labute approximate surface area is 172 Å². The highest BCUT2D eigenvalue weighted by Crippen LogP contribution is 2.65. The highest BCUT2D eigenvalue weighted by atomic mass is 16.3. The molecule has 158 valence electrons. The third-order valence-electron chi connectivity index (χ3n) is 9.33. The van der Waals surface area contributed by atoms with E-state index in [2.05, 4.69) is 26.0 Å². The van der Waals surface area contributed by atoms with Gasteiger partial charge >= 0.3 is 0 Å². The third kappa shape index (κ3) is 3.54. The van der Waals surface area contributed by atoms with Crippen LogP contribution in [-0.2, 0) is 0 Å². The largest absolute Gasteiger partial charge is 0.393 e. The van der Waals surface area contributed by atoms with E-state index >= 15 is 0 Å². The van der Waals surface area contributed by atoms with Crippen molar-refractivity contribution in [1.82, 2.24) is 0 Å². The van der Waals surface area contributed by atoms with Gasteiger partial charge in [-0.05, 0) is 100 Å². The summed E-state index contributed by atoms with van der Waals surface area (Å²) in [6.45, 7) is 8.95. The van der Waals surface area contributed by atoms with Crippen molar-refractivity contribution in [3.8, 4) is 0 Å². The first kappa shape index (κ1) is 20.7. The van der Waals surface area contributed by atoms with E-state index in [9.17, 15) is 10.2 Å². The van der Waals surface area contributed by atoms with Crippen molar-refractivity contribution in [2.45, 2.75) is 110 Å².